The molecular weight excluding hydrogens is 534 g/mol. The van der Waals surface area contributed by atoms with Crippen molar-refractivity contribution in [1.29, 1.82) is 0 Å². The van der Waals surface area contributed by atoms with Crippen LogP contribution in [-0.2, 0) is 32.0 Å². The number of aryl methyl sites for hydroxylation is 3. The van der Waals surface area contributed by atoms with E-state index in [2.05, 4.69) is 25.6 Å². The normalized spacial score (nSPS) is 12.5. The van der Waals surface area contributed by atoms with Crippen molar-refractivity contribution in [3.05, 3.63) is 49.8 Å². The Bertz CT molecular complexity index is 1460. The Labute approximate surface area is 224 Å². The van der Waals surface area contributed by atoms with Gasteiger partial charge in [0, 0.05) is 23.9 Å². The Hall–Kier alpha value is -4.53. The molecule has 0 spiro atoms. The fourth-order valence-corrected chi connectivity index (χ4v) is 4.77. The summed E-state index contributed by atoms with van der Waals surface area (Å²) in [7, 11) is 0. The molecule has 0 aliphatic rings. The number of amides is 2. The number of carboxylic acid groups (broad SMARTS) is 3. The zero-order valence-electron chi connectivity index (χ0n) is 20.8. The van der Waals surface area contributed by atoms with E-state index in [-0.39, 0.29) is 23.3 Å². The SMILES string of the molecule is Cc1nc2[nH]cc(CCc3ccc(C(=O)N[C@@H](CCC(=O)N[C@@H](CCC(=O)O)C(=O)O)C(=O)O)s3)c2c(=O)[nH]1. The average Bonchev–Trinajstić information content (AvgIpc) is 3.49. The molecule has 0 aliphatic heterocycles. The molecule has 0 fully saturated rings. The maximum atomic E-state index is 12.7. The van der Waals surface area contributed by atoms with E-state index >= 15 is 0 Å². The predicted molar refractivity (Wildman–Crippen MR) is 138 cm³/mol. The van der Waals surface area contributed by atoms with Crippen molar-refractivity contribution >= 4 is 52.1 Å². The number of carbonyl (C=O) groups is 5. The summed E-state index contributed by atoms with van der Waals surface area (Å²) in [4.78, 5) is 81.6. The van der Waals surface area contributed by atoms with E-state index in [0.717, 1.165) is 21.8 Å². The monoisotopic (exact) mass is 561 g/mol. The summed E-state index contributed by atoms with van der Waals surface area (Å²) in [5, 5.41) is 32.3. The number of aromatic amines is 2. The fourth-order valence-electron chi connectivity index (χ4n) is 3.86. The van der Waals surface area contributed by atoms with Gasteiger partial charge >= 0.3 is 17.9 Å². The van der Waals surface area contributed by atoms with Gasteiger partial charge in [0.2, 0.25) is 5.91 Å². The highest BCUT2D eigenvalue weighted by Crippen LogP contribution is 2.21. The number of aromatic nitrogens is 3. The van der Waals surface area contributed by atoms with Gasteiger partial charge < -0.3 is 35.9 Å². The number of hydrogen-bond donors (Lipinski definition) is 7. The third kappa shape index (κ3) is 7.98. The van der Waals surface area contributed by atoms with E-state index in [1.54, 1.807) is 25.3 Å². The van der Waals surface area contributed by atoms with Gasteiger partial charge in [-0.2, -0.15) is 0 Å². The maximum absolute atomic E-state index is 12.7. The number of nitrogens with one attached hydrogen (secondary N) is 4. The third-order valence-electron chi connectivity index (χ3n) is 5.81. The lowest BCUT2D eigenvalue weighted by Crippen LogP contribution is -2.44. The molecule has 2 amide bonds. The smallest absolute Gasteiger partial charge is 0.326 e. The second kappa shape index (κ2) is 12.8. The third-order valence-corrected chi connectivity index (χ3v) is 6.96. The summed E-state index contributed by atoms with van der Waals surface area (Å²) in [6, 6.07) is 0.436. The minimum Gasteiger partial charge on any atom is -0.481 e. The minimum absolute atomic E-state index is 0.243. The predicted octanol–water partition coefficient (Wildman–Crippen LogP) is 0.804. The molecule has 0 unspecified atom stereocenters. The maximum Gasteiger partial charge on any atom is 0.326 e. The molecule has 15 heteroatoms. The van der Waals surface area contributed by atoms with Crippen molar-refractivity contribution in [3.8, 4) is 0 Å². The summed E-state index contributed by atoms with van der Waals surface area (Å²) in [6.45, 7) is 1.68. The molecule has 208 valence electrons. The van der Waals surface area contributed by atoms with Gasteiger partial charge in [0.15, 0.2) is 0 Å². The van der Waals surface area contributed by atoms with Crippen LogP contribution >= 0.6 is 11.3 Å². The Balaban J connectivity index is 1.55. The molecule has 39 heavy (non-hydrogen) atoms. The number of aliphatic carboxylic acids is 3. The minimum atomic E-state index is -1.43. The van der Waals surface area contributed by atoms with E-state index < -0.39 is 54.6 Å². The van der Waals surface area contributed by atoms with Crippen LogP contribution in [0.3, 0.4) is 0 Å². The molecular formula is C24H27N5O9S. The molecule has 2 atom stereocenters. The van der Waals surface area contributed by atoms with E-state index in [4.69, 9.17) is 10.2 Å². The summed E-state index contributed by atoms with van der Waals surface area (Å²) in [6.07, 6.45) is 1.24. The first-order chi connectivity index (χ1) is 18.4. The molecule has 3 heterocycles. The highest BCUT2D eigenvalue weighted by molar-refractivity contribution is 7.14. The molecule has 7 N–H and O–H groups in total. The largest absolute Gasteiger partial charge is 0.481 e. The molecule has 0 bridgehead atoms. The van der Waals surface area contributed by atoms with Crippen LogP contribution in [0.5, 0.6) is 0 Å². The summed E-state index contributed by atoms with van der Waals surface area (Å²) < 4.78 is 0. The van der Waals surface area contributed by atoms with Crippen molar-refractivity contribution in [2.45, 2.75) is 57.5 Å². The van der Waals surface area contributed by atoms with Crippen molar-refractivity contribution in [2.24, 2.45) is 0 Å². The number of rotatable bonds is 14. The first-order valence-electron chi connectivity index (χ1n) is 11.9. The number of nitrogens with zero attached hydrogens (tertiary/aromatic N) is 1. The zero-order chi connectivity index (χ0) is 28.7. The molecule has 0 aromatic carbocycles. The standard InChI is InChI=1S/C24H27N5O9S/c1-11-26-20-19(22(34)27-11)12(10-25-20)2-3-13-4-7-16(39-13)21(33)29-15(24(37)38)5-8-17(30)28-14(23(35)36)6-9-18(31)32/h4,7,10,14-15H,2-3,5-6,8-9H2,1H3,(H,28,30)(H,29,33)(H,31,32)(H,35,36)(H,37,38)(H2,25,26,27,34)/t14-,15-/m0/s1. The molecule has 14 nitrogen and oxygen atoms in total. The van der Waals surface area contributed by atoms with Crippen LogP contribution in [0, 0.1) is 6.92 Å². The Morgan fingerprint density at radius 1 is 0.974 bits per heavy atom. The molecule has 0 saturated heterocycles. The van der Waals surface area contributed by atoms with Gasteiger partial charge in [-0.25, -0.2) is 14.6 Å². The first kappa shape index (κ1) is 29.0. The Morgan fingerprint density at radius 2 is 1.64 bits per heavy atom. The van der Waals surface area contributed by atoms with Crippen LogP contribution in [0.25, 0.3) is 11.0 Å². The molecule has 3 aromatic rings. The lowest BCUT2D eigenvalue weighted by molar-refractivity contribution is -0.143. The van der Waals surface area contributed by atoms with Gasteiger partial charge in [0.05, 0.1) is 10.3 Å². The quantitative estimate of drug-likeness (QED) is 0.146. The van der Waals surface area contributed by atoms with Crippen LogP contribution in [0.2, 0.25) is 0 Å². The van der Waals surface area contributed by atoms with Crippen LogP contribution in [-0.4, -0.2) is 72.1 Å². The molecule has 3 rings (SSSR count). The zero-order valence-corrected chi connectivity index (χ0v) is 21.6. The van der Waals surface area contributed by atoms with Gasteiger partial charge in [-0.15, -0.1) is 11.3 Å². The van der Waals surface area contributed by atoms with Crippen molar-refractivity contribution in [1.82, 2.24) is 25.6 Å². The lowest BCUT2D eigenvalue weighted by atomic mass is 10.1. The summed E-state index contributed by atoms with van der Waals surface area (Å²) >= 11 is 1.16. The second-order valence-electron chi connectivity index (χ2n) is 8.75. The van der Waals surface area contributed by atoms with E-state index in [0.29, 0.717) is 29.7 Å². The number of H-pyrrole nitrogens is 2. The Kier molecular flexibility index (Phi) is 9.54. The van der Waals surface area contributed by atoms with Crippen LogP contribution in [0.4, 0.5) is 0 Å². The van der Waals surface area contributed by atoms with Gasteiger partial charge in [-0.05, 0) is 50.3 Å². The van der Waals surface area contributed by atoms with E-state index in [9.17, 15) is 33.9 Å². The summed E-state index contributed by atoms with van der Waals surface area (Å²) in [5.74, 6) is -4.94. The van der Waals surface area contributed by atoms with Gasteiger partial charge in [0.25, 0.3) is 11.5 Å². The van der Waals surface area contributed by atoms with Crippen LogP contribution in [0.15, 0.2) is 23.1 Å². The molecule has 0 saturated carbocycles. The topological polar surface area (TPSA) is 232 Å². The van der Waals surface area contributed by atoms with Gasteiger partial charge in [-0.1, -0.05) is 0 Å². The fraction of sp³-hybridized carbons (Fsp3) is 0.375. The van der Waals surface area contributed by atoms with Crippen molar-refractivity contribution < 1.29 is 39.3 Å². The average molecular weight is 562 g/mol. The molecule has 3 aromatic heterocycles. The van der Waals surface area contributed by atoms with E-state index in [1.165, 1.54) is 0 Å². The highest BCUT2D eigenvalue weighted by Gasteiger charge is 2.25. The highest BCUT2D eigenvalue weighted by atomic mass is 32.1. The molecule has 0 radical (unpaired) electrons. The van der Waals surface area contributed by atoms with Gasteiger partial charge in [-0.3, -0.25) is 19.2 Å². The number of hydrogen-bond acceptors (Lipinski definition) is 8. The summed E-state index contributed by atoms with van der Waals surface area (Å²) in [5.41, 5.74) is 1.02. The number of fused-ring (bicyclic) bond motifs is 1. The molecule has 0 aliphatic carbocycles. The van der Waals surface area contributed by atoms with Crippen LogP contribution in [0.1, 0.15) is 51.6 Å². The number of carboxylic acids is 3. The van der Waals surface area contributed by atoms with Crippen molar-refractivity contribution in [3.63, 3.8) is 0 Å². The van der Waals surface area contributed by atoms with E-state index in [1.807, 2.05) is 0 Å². The lowest BCUT2D eigenvalue weighted by Gasteiger charge is -2.16. The van der Waals surface area contributed by atoms with Crippen LogP contribution < -0.4 is 16.2 Å². The first-order valence-corrected chi connectivity index (χ1v) is 12.7. The number of carbonyl (C=O) groups excluding carboxylic acids is 2. The second-order valence-corrected chi connectivity index (χ2v) is 9.92. The van der Waals surface area contributed by atoms with Gasteiger partial charge in [0.1, 0.15) is 23.6 Å². The Morgan fingerprint density at radius 3 is 2.31 bits per heavy atom. The van der Waals surface area contributed by atoms with Crippen molar-refractivity contribution in [2.75, 3.05) is 0 Å². The number of thiophene rings is 1.